The number of carbonyl (C=O) groups is 5. The Morgan fingerprint density at radius 3 is 2.00 bits per heavy atom. The third-order valence-corrected chi connectivity index (χ3v) is 16.4. The molecule has 55 heavy (non-hydrogen) atoms. The van der Waals surface area contributed by atoms with Crippen LogP contribution in [0.3, 0.4) is 0 Å². The number of ether oxygens (including phenoxy) is 5. The Labute approximate surface area is 327 Å². The second-order valence-electron chi connectivity index (χ2n) is 20.2. The second-order valence-corrected chi connectivity index (χ2v) is 20.2. The highest BCUT2D eigenvalue weighted by Gasteiger charge is 2.70. The van der Waals surface area contributed by atoms with E-state index in [4.69, 9.17) is 23.7 Å². The Kier molecular flexibility index (Phi) is 10.8. The summed E-state index contributed by atoms with van der Waals surface area (Å²) in [5.74, 6) is -1.55. The summed E-state index contributed by atoms with van der Waals surface area (Å²) >= 11 is 0. The van der Waals surface area contributed by atoms with Gasteiger partial charge >= 0.3 is 23.9 Å². The lowest BCUT2D eigenvalue weighted by Crippen LogP contribution is -2.69. The molecule has 5 unspecified atom stereocenters. The Bertz CT molecular complexity index is 1610. The fourth-order valence-electron chi connectivity index (χ4n) is 13.4. The molecule has 5 aliphatic carbocycles. The molecule has 308 valence electrons. The van der Waals surface area contributed by atoms with E-state index in [1.165, 1.54) is 33.3 Å². The molecule has 1 N–H and O–H groups in total. The van der Waals surface area contributed by atoms with E-state index in [1.807, 2.05) is 0 Å². The van der Waals surface area contributed by atoms with Gasteiger partial charge in [-0.15, -0.1) is 0 Å². The van der Waals surface area contributed by atoms with Crippen LogP contribution in [0.25, 0.3) is 0 Å². The van der Waals surface area contributed by atoms with Gasteiger partial charge in [0.05, 0.1) is 6.10 Å². The van der Waals surface area contributed by atoms with Crippen LogP contribution in [0.4, 0.5) is 0 Å². The summed E-state index contributed by atoms with van der Waals surface area (Å²) in [5, 5.41) is 13.1. The minimum Gasteiger partial charge on any atom is -0.463 e. The number of Topliss-reactive ketones (excluding diaryl/α,β-unsaturated/α-hetero) is 1. The van der Waals surface area contributed by atoms with E-state index < -0.39 is 65.9 Å². The van der Waals surface area contributed by atoms with Gasteiger partial charge < -0.3 is 28.8 Å². The van der Waals surface area contributed by atoms with Crippen LogP contribution in [0.5, 0.6) is 0 Å². The summed E-state index contributed by atoms with van der Waals surface area (Å²) in [6.45, 7) is 20.9. The average Bonchev–Trinajstić information content (AvgIpc) is 3.06. The molecule has 11 nitrogen and oxygen atoms in total. The van der Waals surface area contributed by atoms with Crippen LogP contribution in [0.1, 0.15) is 140 Å². The Morgan fingerprint density at radius 2 is 1.38 bits per heavy atom. The highest BCUT2D eigenvalue weighted by molar-refractivity contribution is 5.85. The summed E-state index contributed by atoms with van der Waals surface area (Å²) < 4.78 is 29.3. The lowest BCUT2D eigenvalue weighted by atomic mass is 9.33. The highest BCUT2D eigenvalue weighted by Crippen LogP contribution is 2.76. The van der Waals surface area contributed by atoms with Gasteiger partial charge in [0.2, 0.25) is 0 Å². The number of carbonyl (C=O) groups excluding carboxylic acids is 5. The lowest BCUT2D eigenvalue weighted by molar-refractivity contribution is -0.282. The van der Waals surface area contributed by atoms with Gasteiger partial charge in [0.1, 0.15) is 24.6 Å². The molecule has 4 saturated carbocycles. The molecule has 0 radical (unpaired) electrons. The number of fused-ring (bicyclic) bond motifs is 7. The van der Waals surface area contributed by atoms with Gasteiger partial charge in [-0.05, 0) is 97.2 Å². The topological polar surface area (TPSA) is 152 Å². The van der Waals surface area contributed by atoms with Crippen LogP contribution in [0.15, 0.2) is 11.6 Å². The van der Waals surface area contributed by atoms with Crippen molar-refractivity contribution < 1.29 is 52.8 Å². The average molecular weight is 771 g/mol. The van der Waals surface area contributed by atoms with E-state index in [-0.39, 0.29) is 39.6 Å². The molecular weight excluding hydrogens is 704 g/mol. The van der Waals surface area contributed by atoms with Crippen LogP contribution in [-0.4, -0.2) is 78.0 Å². The number of hydrogen-bond acceptors (Lipinski definition) is 11. The van der Waals surface area contributed by atoms with Crippen LogP contribution >= 0.6 is 0 Å². The van der Waals surface area contributed by atoms with Gasteiger partial charge in [-0.3, -0.25) is 24.0 Å². The smallest absolute Gasteiger partial charge is 0.303 e. The molecule has 1 saturated heterocycles. The minimum atomic E-state index is -1.33. The summed E-state index contributed by atoms with van der Waals surface area (Å²) in [6.07, 6.45) is 3.51. The number of ketones is 1. The third kappa shape index (κ3) is 6.78. The van der Waals surface area contributed by atoms with Gasteiger partial charge in [-0.25, -0.2) is 0 Å². The Hall–Kier alpha value is -2.79. The number of hydrogen-bond donors (Lipinski definition) is 1. The monoisotopic (exact) mass is 770 g/mol. The highest BCUT2D eigenvalue weighted by atomic mass is 16.7. The Morgan fingerprint density at radius 1 is 0.782 bits per heavy atom. The molecule has 6 rings (SSSR count). The molecular formula is C44H66O11. The largest absolute Gasteiger partial charge is 0.463 e. The number of allylic oxidation sites excluding steroid dienone is 2. The van der Waals surface area contributed by atoms with E-state index in [2.05, 4.69) is 54.5 Å². The van der Waals surface area contributed by atoms with Crippen LogP contribution in [-0.2, 0) is 47.7 Å². The first-order chi connectivity index (χ1) is 25.4. The summed E-state index contributed by atoms with van der Waals surface area (Å²) in [7, 11) is 0. The fraction of sp³-hybridized carbons (Fsp3) is 0.841. The van der Waals surface area contributed by atoms with Crippen LogP contribution in [0, 0.1) is 50.2 Å². The maximum atomic E-state index is 13.3. The third-order valence-electron chi connectivity index (χ3n) is 16.4. The van der Waals surface area contributed by atoms with E-state index in [1.54, 1.807) is 0 Å². The number of aliphatic hydroxyl groups is 1. The zero-order valence-corrected chi connectivity index (χ0v) is 35.1. The Balaban J connectivity index is 1.44. The van der Waals surface area contributed by atoms with Crippen molar-refractivity contribution in [2.75, 3.05) is 6.61 Å². The zero-order valence-electron chi connectivity index (χ0n) is 35.1. The van der Waals surface area contributed by atoms with Gasteiger partial charge in [-0.2, -0.15) is 0 Å². The molecule has 0 aromatic heterocycles. The van der Waals surface area contributed by atoms with E-state index in [0.29, 0.717) is 36.9 Å². The second kappa shape index (κ2) is 14.2. The minimum absolute atomic E-state index is 0.0105. The maximum Gasteiger partial charge on any atom is 0.303 e. The summed E-state index contributed by atoms with van der Waals surface area (Å²) in [6, 6.07) is 0. The van der Waals surface area contributed by atoms with Crippen molar-refractivity contribution in [1.82, 2.24) is 0 Å². The lowest BCUT2D eigenvalue weighted by Gasteiger charge is -2.71. The van der Waals surface area contributed by atoms with E-state index in [0.717, 1.165) is 44.9 Å². The predicted octanol–water partition coefficient (Wildman–Crippen LogP) is 6.84. The van der Waals surface area contributed by atoms with Crippen molar-refractivity contribution in [2.24, 2.45) is 50.2 Å². The number of aliphatic hydroxyl groups excluding tert-OH is 1. The quantitative estimate of drug-likeness (QED) is 0.165. The number of esters is 4. The molecule has 5 fully saturated rings. The molecule has 0 spiro atoms. The van der Waals surface area contributed by atoms with Crippen molar-refractivity contribution in [3.63, 3.8) is 0 Å². The maximum absolute atomic E-state index is 13.3. The molecule has 0 bridgehead atoms. The van der Waals surface area contributed by atoms with E-state index in [9.17, 15) is 29.1 Å². The SMILES string of the molecule is CC(=O)OCC1O[C@H]([C@@H](O)[C@]23CCC(C)(C)CC2C2=CCC4[C@@]5(C)CCC(=O)C(C)(C)C5CC[C@@]4(C)[C@]2(C)CC3)C(OC(C)=O)[C@@H](OC(C)=O)[C@@H]1OC(C)=O. The van der Waals surface area contributed by atoms with Crippen LogP contribution < -0.4 is 0 Å². The first kappa shape index (κ1) is 41.8. The van der Waals surface area contributed by atoms with Crippen molar-refractivity contribution in [2.45, 2.75) is 177 Å². The summed E-state index contributed by atoms with van der Waals surface area (Å²) in [5.41, 5.74) is 0.206. The van der Waals surface area contributed by atoms with Crippen molar-refractivity contribution in [1.29, 1.82) is 0 Å². The standard InChI is InChI=1S/C44H66O11/c1-24(45)51-23-30-34(52-25(2)46)35(53-26(3)47)36(54-27(4)48)37(55-30)38(50)44-20-18-39(5,6)22-29(44)28-12-13-32-41(9)16-15-33(49)40(7,8)31(41)14-17-43(32,11)42(28,10)19-21-44/h12,29-32,34-38,50H,13-23H2,1-11H3/t29?,30?,31?,32?,34-,35+,36?,37+,38-,41+,42-,43-,44+/m1/s1. The van der Waals surface area contributed by atoms with Crippen molar-refractivity contribution in [3.05, 3.63) is 11.6 Å². The van der Waals surface area contributed by atoms with Gasteiger partial charge in [-0.1, -0.05) is 60.1 Å². The molecule has 0 aromatic rings. The molecule has 13 atom stereocenters. The zero-order chi connectivity index (χ0) is 40.7. The summed E-state index contributed by atoms with van der Waals surface area (Å²) in [4.78, 5) is 63.0. The molecule has 0 amide bonds. The molecule has 1 aliphatic heterocycles. The molecule has 11 heteroatoms. The van der Waals surface area contributed by atoms with Crippen molar-refractivity contribution >= 4 is 29.7 Å². The van der Waals surface area contributed by atoms with Gasteiger partial charge in [0.15, 0.2) is 18.3 Å². The van der Waals surface area contributed by atoms with Crippen molar-refractivity contribution in [3.8, 4) is 0 Å². The van der Waals surface area contributed by atoms with Crippen LogP contribution in [0.2, 0.25) is 0 Å². The molecule has 1 heterocycles. The van der Waals surface area contributed by atoms with E-state index >= 15 is 0 Å². The molecule has 0 aromatic carbocycles. The first-order valence-corrected chi connectivity index (χ1v) is 20.7. The van der Waals surface area contributed by atoms with Gasteiger partial charge in [0.25, 0.3) is 0 Å². The normalized spacial score (nSPS) is 43.5. The first-order valence-electron chi connectivity index (χ1n) is 20.7. The molecule has 6 aliphatic rings. The fourth-order valence-corrected chi connectivity index (χ4v) is 13.4. The predicted molar refractivity (Wildman–Crippen MR) is 202 cm³/mol. The van der Waals surface area contributed by atoms with Gasteiger partial charge in [0, 0.05) is 44.9 Å². The number of rotatable bonds is 7.